The minimum absolute atomic E-state index is 0.105. The second-order valence-electron chi connectivity index (χ2n) is 6.67. The van der Waals surface area contributed by atoms with Crippen LogP contribution in [0.25, 0.3) is 0 Å². The van der Waals surface area contributed by atoms with Crippen LogP contribution in [0.15, 0.2) is 53.5 Å². The van der Waals surface area contributed by atoms with E-state index in [1.165, 1.54) is 5.56 Å². The van der Waals surface area contributed by atoms with Gasteiger partial charge in [0.15, 0.2) is 17.5 Å². The summed E-state index contributed by atoms with van der Waals surface area (Å²) in [4.78, 5) is 4.81. The van der Waals surface area contributed by atoms with E-state index in [2.05, 4.69) is 41.8 Å². The summed E-state index contributed by atoms with van der Waals surface area (Å²) in [6.07, 6.45) is 1.12. The third-order valence-corrected chi connectivity index (χ3v) is 4.82. The molecule has 3 rings (SSSR count). The number of anilines is 1. The van der Waals surface area contributed by atoms with Crippen LogP contribution in [0, 0.1) is 5.92 Å². The molecular formula is C22H29N3O3. The number of methoxy groups -OCH3 is 2. The van der Waals surface area contributed by atoms with E-state index in [1.54, 1.807) is 14.2 Å². The lowest BCUT2D eigenvalue weighted by Crippen LogP contribution is -2.31. The quantitative estimate of drug-likeness (QED) is 0.561. The van der Waals surface area contributed by atoms with Crippen LogP contribution in [0.4, 0.5) is 5.69 Å². The second-order valence-corrected chi connectivity index (χ2v) is 6.67. The smallest absolute Gasteiger partial charge is 0.195 e. The van der Waals surface area contributed by atoms with Crippen LogP contribution in [-0.4, -0.2) is 39.9 Å². The standard InChI is InChI=1S/C22H29N3O3/c1-4-23-22(25-18-10-11-19(26-2)20(14-18)27-3)24-15-17-12-13-28-21(17)16-8-6-5-7-9-16/h5-11,14,17,21H,4,12-13,15H2,1-3H3,(H2,23,24,25). The molecule has 0 amide bonds. The molecule has 28 heavy (non-hydrogen) atoms. The molecule has 2 aromatic rings. The fraction of sp³-hybridized carbons (Fsp3) is 0.409. The maximum atomic E-state index is 5.98. The Kier molecular flexibility index (Phi) is 7.14. The van der Waals surface area contributed by atoms with E-state index in [1.807, 2.05) is 24.3 Å². The van der Waals surface area contributed by atoms with Crippen molar-refractivity contribution in [3.63, 3.8) is 0 Å². The van der Waals surface area contributed by atoms with Crippen molar-refractivity contribution in [1.29, 1.82) is 0 Å². The van der Waals surface area contributed by atoms with Crippen molar-refractivity contribution in [1.82, 2.24) is 5.32 Å². The summed E-state index contributed by atoms with van der Waals surface area (Å²) in [5, 5.41) is 6.65. The van der Waals surface area contributed by atoms with Gasteiger partial charge < -0.3 is 24.8 Å². The van der Waals surface area contributed by atoms with Crippen molar-refractivity contribution in [2.24, 2.45) is 10.9 Å². The molecule has 0 bridgehead atoms. The number of ether oxygens (including phenoxy) is 3. The van der Waals surface area contributed by atoms with E-state index in [0.29, 0.717) is 24.0 Å². The molecule has 0 aromatic heterocycles. The van der Waals surface area contributed by atoms with Gasteiger partial charge in [-0.3, -0.25) is 4.99 Å². The minimum Gasteiger partial charge on any atom is -0.493 e. The van der Waals surface area contributed by atoms with Gasteiger partial charge in [-0.05, 0) is 31.0 Å². The molecule has 0 radical (unpaired) electrons. The summed E-state index contributed by atoms with van der Waals surface area (Å²) in [5.74, 6) is 2.48. The summed E-state index contributed by atoms with van der Waals surface area (Å²) in [5.41, 5.74) is 2.11. The van der Waals surface area contributed by atoms with E-state index in [9.17, 15) is 0 Å². The second kappa shape index (κ2) is 9.99. The van der Waals surface area contributed by atoms with Crippen molar-refractivity contribution in [2.45, 2.75) is 19.4 Å². The highest BCUT2D eigenvalue weighted by atomic mass is 16.5. The predicted molar refractivity (Wildman–Crippen MR) is 112 cm³/mol. The normalized spacial score (nSPS) is 19.3. The Labute approximate surface area is 166 Å². The number of rotatable bonds is 7. The van der Waals surface area contributed by atoms with Gasteiger partial charge in [0, 0.05) is 37.4 Å². The molecule has 1 aliphatic rings. The zero-order chi connectivity index (χ0) is 19.8. The van der Waals surface area contributed by atoms with Crippen LogP contribution in [-0.2, 0) is 4.74 Å². The van der Waals surface area contributed by atoms with Crippen LogP contribution >= 0.6 is 0 Å². The van der Waals surface area contributed by atoms with E-state index in [4.69, 9.17) is 19.2 Å². The minimum atomic E-state index is 0.105. The molecule has 0 spiro atoms. The zero-order valence-electron chi connectivity index (χ0n) is 16.8. The summed E-state index contributed by atoms with van der Waals surface area (Å²) in [7, 11) is 3.26. The topological polar surface area (TPSA) is 64.1 Å². The first-order valence-electron chi connectivity index (χ1n) is 9.69. The SMILES string of the molecule is CCNC(=NCC1CCOC1c1ccccc1)Nc1ccc(OC)c(OC)c1. The Morgan fingerprint density at radius 2 is 1.89 bits per heavy atom. The first kappa shape index (κ1) is 20.0. The molecule has 0 saturated carbocycles. The molecule has 2 atom stereocenters. The number of nitrogens with one attached hydrogen (secondary N) is 2. The zero-order valence-corrected chi connectivity index (χ0v) is 16.8. The first-order chi connectivity index (χ1) is 13.7. The first-order valence-corrected chi connectivity index (χ1v) is 9.69. The Morgan fingerprint density at radius 1 is 1.11 bits per heavy atom. The number of benzene rings is 2. The van der Waals surface area contributed by atoms with Crippen LogP contribution in [0.3, 0.4) is 0 Å². The van der Waals surface area contributed by atoms with Crippen LogP contribution in [0.1, 0.15) is 25.0 Å². The van der Waals surface area contributed by atoms with E-state index < -0.39 is 0 Å². The van der Waals surface area contributed by atoms with Crippen molar-refractivity contribution in [3.05, 3.63) is 54.1 Å². The summed E-state index contributed by atoms with van der Waals surface area (Å²) in [6, 6.07) is 16.1. The maximum absolute atomic E-state index is 5.98. The number of nitrogens with zero attached hydrogens (tertiary/aromatic N) is 1. The summed E-state index contributed by atoms with van der Waals surface area (Å²) < 4.78 is 16.7. The van der Waals surface area contributed by atoms with Crippen LogP contribution < -0.4 is 20.1 Å². The number of hydrogen-bond donors (Lipinski definition) is 2. The van der Waals surface area contributed by atoms with Gasteiger partial charge in [0.05, 0.1) is 20.3 Å². The van der Waals surface area contributed by atoms with Gasteiger partial charge in [0.25, 0.3) is 0 Å². The number of guanidine groups is 1. The molecule has 2 N–H and O–H groups in total. The van der Waals surface area contributed by atoms with Gasteiger partial charge in [0.1, 0.15) is 0 Å². The van der Waals surface area contributed by atoms with Crippen LogP contribution in [0.5, 0.6) is 11.5 Å². The molecular weight excluding hydrogens is 354 g/mol. The lowest BCUT2D eigenvalue weighted by atomic mass is 9.95. The van der Waals surface area contributed by atoms with Gasteiger partial charge >= 0.3 is 0 Å². The lowest BCUT2D eigenvalue weighted by Gasteiger charge is -2.18. The molecule has 6 heteroatoms. The number of hydrogen-bond acceptors (Lipinski definition) is 4. The third-order valence-electron chi connectivity index (χ3n) is 4.82. The summed E-state index contributed by atoms with van der Waals surface area (Å²) >= 11 is 0. The Morgan fingerprint density at radius 3 is 2.61 bits per heavy atom. The fourth-order valence-corrected chi connectivity index (χ4v) is 3.40. The van der Waals surface area contributed by atoms with Crippen LogP contribution in [0.2, 0.25) is 0 Å². The van der Waals surface area contributed by atoms with Gasteiger partial charge in [-0.15, -0.1) is 0 Å². The highest BCUT2D eigenvalue weighted by Gasteiger charge is 2.29. The van der Waals surface area contributed by atoms with Crippen molar-refractivity contribution in [2.75, 3.05) is 39.2 Å². The fourth-order valence-electron chi connectivity index (χ4n) is 3.40. The molecule has 2 aromatic carbocycles. The van der Waals surface area contributed by atoms with Crippen molar-refractivity contribution < 1.29 is 14.2 Å². The monoisotopic (exact) mass is 383 g/mol. The Bertz CT molecular complexity index is 780. The van der Waals surface area contributed by atoms with E-state index in [0.717, 1.165) is 31.2 Å². The molecule has 0 aliphatic carbocycles. The Balaban J connectivity index is 1.70. The van der Waals surface area contributed by atoms with Gasteiger partial charge in [0.2, 0.25) is 0 Å². The average molecular weight is 383 g/mol. The van der Waals surface area contributed by atoms with E-state index >= 15 is 0 Å². The largest absolute Gasteiger partial charge is 0.493 e. The average Bonchev–Trinajstić information content (AvgIpc) is 3.21. The highest BCUT2D eigenvalue weighted by molar-refractivity contribution is 5.93. The lowest BCUT2D eigenvalue weighted by molar-refractivity contribution is 0.0926. The molecule has 6 nitrogen and oxygen atoms in total. The third kappa shape index (κ3) is 4.95. The maximum Gasteiger partial charge on any atom is 0.195 e. The molecule has 1 heterocycles. The Hall–Kier alpha value is -2.73. The van der Waals surface area contributed by atoms with Crippen molar-refractivity contribution in [3.8, 4) is 11.5 Å². The molecule has 1 aliphatic heterocycles. The highest BCUT2D eigenvalue weighted by Crippen LogP contribution is 2.34. The summed E-state index contributed by atoms with van der Waals surface area (Å²) in [6.45, 7) is 4.31. The molecule has 1 fully saturated rings. The van der Waals surface area contributed by atoms with Gasteiger partial charge in [-0.1, -0.05) is 30.3 Å². The predicted octanol–water partition coefficient (Wildman–Crippen LogP) is 3.86. The van der Waals surface area contributed by atoms with Crippen molar-refractivity contribution >= 4 is 11.6 Å². The molecule has 150 valence electrons. The number of aliphatic imine (C=N–C) groups is 1. The van der Waals surface area contributed by atoms with Gasteiger partial charge in [-0.2, -0.15) is 0 Å². The van der Waals surface area contributed by atoms with E-state index in [-0.39, 0.29) is 6.10 Å². The van der Waals surface area contributed by atoms with Gasteiger partial charge in [-0.25, -0.2) is 0 Å². The molecule has 1 saturated heterocycles. The molecule has 2 unspecified atom stereocenters.